The summed E-state index contributed by atoms with van der Waals surface area (Å²) in [6.45, 7) is 5.70. The van der Waals surface area contributed by atoms with Gasteiger partial charge in [-0.05, 0) is 62.4 Å². The van der Waals surface area contributed by atoms with Crippen LogP contribution in [0, 0.1) is 0 Å². The van der Waals surface area contributed by atoms with Crippen LogP contribution >= 0.6 is 0 Å². The number of carbonyl (C=O) groups excluding carboxylic acids is 3. The van der Waals surface area contributed by atoms with E-state index in [0.29, 0.717) is 12.2 Å². The number of benzene rings is 4. The molecular formula is C43H48N4O5. The zero-order chi connectivity index (χ0) is 37.0. The molecule has 0 aliphatic carbocycles. The molecule has 52 heavy (non-hydrogen) atoms. The third-order valence-corrected chi connectivity index (χ3v) is 8.77. The van der Waals surface area contributed by atoms with Crippen molar-refractivity contribution in [2.24, 2.45) is 0 Å². The molecule has 0 radical (unpaired) electrons. The molecule has 1 heterocycles. The average molecular weight is 701 g/mol. The molecule has 0 aliphatic heterocycles. The van der Waals surface area contributed by atoms with Crippen molar-refractivity contribution in [3.63, 3.8) is 0 Å². The van der Waals surface area contributed by atoms with E-state index in [2.05, 4.69) is 46.3 Å². The van der Waals surface area contributed by atoms with Crippen LogP contribution in [0.2, 0.25) is 0 Å². The number of rotatable bonds is 16. The first-order chi connectivity index (χ1) is 25.1. The van der Waals surface area contributed by atoms with Crippen LogP contribution in [-0.2, 0) is 42.2 Å². The van der Waals surface area contributed by atoms with E-state index in [9.17, 15) is 14.4 Å². The molecule has 0 fully saturated rings. The number of amides is 1. The minimum absolute atomic E-state index is 0.0548. The molecule has 0 spiro atoms. The maximum Gasteiger partial charge on any atom is 0.329 e. The summed E-state index contributed by atoms with van der Waals surface area (Å²) in [5, 5.41) is 2.90. The molecule has 0 bridgehead atoms. The summed E-state index contributed by atoms with van der Waals surface area (Å²) in [7, 11) is 1.32. The second-order valence-corrected chi connectivity index (χ2v) is 13.8. The highest BCUT2D eigenvalue weighted by Crippen LogP contribution is 2.40. The zero-order valence-electron chi connectivity index (χ0n) is 30.4. The van der Waals surface area contributed by atoms with Gasteiger partial charge in [-0.1, -0.05) is 121 Å². The molecule has 5 aromatic rings. The fourth-order valence-electron chi connectivity index (χ4n) is 6.47. The summed E-state index contributed by atoms with van der Waals surface area (Å²) in [4.78, 5) is 46.1. The Hall–Kier alpha value is -5.54. The highest BCUT2D eigenvalue weighted by molar-refractivity contribution is 5.86. The predicted molar refractivity (Wildman–Crippen MR) is 202 cm³/mol. The molecule has 5 rings (SSSR count). The van der Waals surface area contributed by atoms with Gasteiger partial charge in [-0.15, -0.1) is 0 Å². The van der Waals surface area contributed by atoms with Gasteiger partial charge in [0, 0.05) is 12.6 Å². The van der Waals surface area contributed by atoms with Gasteiger partial charge in [0.1, 0.15) is 17.2 Å². The van der Waals surface area contributed by atoms with Crippen LogP contribution in [0.4, 0.5) is 0 Å². The van der Waals surface area contributed by atoms with Gasteiger partial charge in [-0.2, -0.15) is 0 Å². The Balaban J connectivity index is 1.43. The van der Waals surface area contributed by atoms with Gasteiger partial charge in [-0.3, -0.25) is 14.5 Å². The van der Waals surface area contributed by atoms with Crippen LogP contribution in [0.25, 0.3) is 0 Å². The van der Waals surface area contributed by atoms with E-state index in [1.807, 2.05) is 91.1 Å². The standard InChI is InChI=1S/C43H48N4O5/c1-42(2,3)52-41(50)38(45-39(48)30-46(31-40(49)51-4)27-17-20-33-18-9-5-10-19-33)28-37-29-47(32-44-37)43(34-21-11-6-12-22-34,35-23-13-7-14-24-35)36-25-15-8-16-26-36/h5-16,18-19,21-26,29,32,38H,17,20,27-28,30-31H2,1-4H3,(H,45,48). The van der Waals surface area contributed by atoms with Crippen molar-refractivity contribution in [1.29, 1.82) is 0 Å². The number of aryl methyl sites for hydroxylation is 1. The fourth-order valence-corrected chi connectivity index (χ4v) is 6.47. The number of imidazole rings is 1. The molecule has 0 saturated heterocycles. The smallest absolute Gasteiger partial charge is 0.329 e. The topological polar surface area (TPSA) is 103 Å². The summed E-state index contributed by atoms with van der Waals surface area (Å²) in [5.74, 6) is -1.42. The first-order valence-electron chi connectivity index (χ1n) is 17.6. The van der Waals surface area contributed by atoms with Gasteiger partial charge in [0.25, 0.3) is 0 Å². The molecule has 1 N–H and O–H groups in total. The molecule has 9 heteroatoms. The van der Waals surface area contributed by atoms with Crippen molar-refractivity contribution in [2.45, 2.75) is 57.2 Å². The van der Waals surface area contributed by atoms with Gasteiger partial charge < -0.3 is 19.4 Å². The number of carbonyl (C=O) groups is 3. The third-order valence-electron chi connectivity index (χ3n) is 8.77. The van der Waals surface area contributed by atoms with E-state index in [1.165, 1.54) is 12.7 Å². The van der Waals surface area contributed by atoms with Crippen molar-refractivity contribution < 1.29 is 23.9 Å². The molecule has 4 aromatic carbocycles. The lowest BCUT2D eigenvalue weighted by molar-refractivity contribution is -0.158. The Bertz CT molecular complexity index is 1780. The van der Waals surface area contributed by atoms with Gasteiger partial charge in [-0.25, -0.2) is 9.78 Å². The minimum Gasteiger partial charge on any atom is -0.468 e. The SMILES string of the molecule is COC(=O)CN(CCCc1ccccc1)CC(=O)NC(Cc1cn(C(c2ccccc2)(c2ccccc2)c2ccccc2)cn1)C(=O)OC(C)(C)C. The Morgan fingerprint density at radius 2 is 1.29 bits per heavy atom. The van der Waals surface area contributed by atoms with Gasteiger partial charge in [0.2, 0.25) is 5.91 Å². The van der Waals surface area contributed by atoms with Crippen LogP contribution in [0.5, 0.6) is 0 Å². The van der Waals surface area contributed by atoms with E-state index in [1.54, 1.807) is 32.0 Å². The summed E-state index contributed by atoms with van der Waals surface area (Å²) >= 11 is 0. The average Bonchev–Trinajstić information content (AvgIpc) is 3.61. The van der Waals surface area contributed by atoms with E-state index in [4.69, 9.17) is 14.5 Å². The Morgan fingerprint density at radius 1 is 0.769 bits per heavy atom. The lowest BCUT2D eigenvalue weighted by atomic mass is 9.77. The Kier molecular flexibility index (Phi) is 12.8. The van der Waals surface area contributed by atoms with Crippen molar-refractivity contribution in [2.75, 3.05) is 26.7 Å². The highest BCUT2D eigenvalue weighted by Gasteiger charge is 2.39. The van der Waals surface area contributed by atoms with Crippen LogP contribution in [0.15, 0.2) is 134 Å². The first-order valence-corrected chi connectivity index (χ1v) is 17.6. The second kappa shape index (κ2) is 17.6. The molecular weight excluding hydrogens is 652 g/mol. The van der Waals surface area contributed by atoms with Gasteiger partial charge in [0.05, 0.1) is 32.2 Å². The molecule has 0 saturated carbocycles. The van der Waals surface area contributed by atoms with E-state index >= 15 is 0 Å². The van der Waals surface area contributed by atoms with Crippen molar-refractivity contribution in [3.8, 4) is 0 Å². The lowest BCUT2D eigenvalue weighted by Crippen LogP contribution is -2.49. The Morgan fingerprint density at radius 3 is 1.79 bits per heavy atom. The Labute approximate surface area is 306 Å². The maximum absolute atomic E-state index is 13.6. The molecule has 9 nitrogen and oxygen atoms in total. The van der Waals surface area contributed by atoms with Gasteiger partial charge in [0.15, 0.2) is 0 Å². The van der Waals surface area contributed by atoms with Crippen LogP contribution in [0.3, 0.4) is 0 Å². The van der Waals surface area contributed by atoms with Crippen LogP contribution < -0.4 is 5.32 Å². The van der Waals surface area contributed by atoms with Crippen molar-refractivity contribution in [1.82, 2.24) is 19.8 Å². The molecule has 270 valence electrons. The number of nitrogens with one attached hydrogen (secondary N) is 1. The summed E-state index contributed by atoms with van der Waals surface area (Å²) < 4.78 is 12.8. The summed E-state index contributed by atoms with van der Waals surface area (Å²) in [6.07, 6.45) is 5.32. The largest absolute Gasteiger partial charge is 0.468 e. The molecule has 1 amide bonds. The van der Waals surface area contributed by atoms with Crippen LogP contribution in [-0.4, -0.2) is 70.7 Å². The maximum atomic E-state index is 13.6. The van der Waals surface area contributed by atoms with Crippen molar-refractivity contribution in [3.05, 3.63) is 162 Å². The quantitative estimate of drug-likeness (QED) is 0.0967. The lowest BCUT2D eigenvalue weighted by Gasteiger charge is -2.37. The van der Waals surface area contributed by atoms with Crippen LogP contribution in [0.1, 0.15) is 55.1 Å². The number of hydrogen-bond acceptors (Lipinski definition) is 7. The number of methoxy groups -OCH3 is 1. The number of aromatic nitrogens is 2. The van der Waals surface area contributed by atoms with E-state index in [0.717, 1.165) is 29.5 Å². The fraction of sp³-hybridized carbons (Fsp3) is 0.302. The number of esters is 2. The number of hydrogen-bond donors (Lipinski definition) is 1. The molecule has 1 aromatic heterocycles. The normalized spacial score (nSPS) is 12.2. The molecule has 0 aliphatic rings. The molecule has 1 atom stereocenters. The van der Waals surface area contributed by atoms with E-state index < -0.39 is 35.0 Å². The van der Waals surface area contributed by atoms with E-state index in [-0.39, 0.29) is 19.5 Å². The highest BCUT2D eigenvalue weighted by atomic mass is 16.6. The van der Waals surface area contributed by atoms with Crippen molar-refractivity contribution >= 4 is 17.8 Å². The van der Waals surface area contributed by atoms with Gasteiger partial charge >= 0.3 is 11.9 Å². The minimum atomic E-state index is -1.03. The zero-order valence-corrected chi connectivity index (χ0v) is 30.4. The number of ether oxygens (including phenoxy) is 2. The summed E-state index contributed by atoms with van der Waals surface area (Å²) in [5.41, 5.74) is 3.30. The third kappa shape index (κ3) is 9.82. The predicted octanol–water partition coefficient (Wildman–Crippen LogP) is 6.20. The monoisotopic (exact) mass is 700 g/mol. The summed E-state index contributed by atoms with van der Waals surface area (Å²) in [6, 6.07) is 39.7. The first kappa shape index (κ1) is 37.7. The molecule has 1 unspecified atom stereocenters. The second-order valence-electron chi connectivity index (χ2n) is 13.8. The number of nitrogens with zero attached hydrogens (tertiary/aromatic N) is 3.